The van der Waals surface area contributed by atoms with Crippen molar-refractivity contribution < 1.29 is 17.6 Å². The zero-order valence-electron chi connectivity index (χ0n) is 24.2. The van der Waals surface area contributed by atoms with Gasteiger partial charge in [0.15, 0.2) is 23.3 Å². The van der Waals surface area contributed by atoms with E-state index >= 15 is 8.78 Å². The number of allylic oxidation sites excluding steroid dienone is 4. The first-order valence-corrected chi connectivity index (χ1v) is 15.3. The van der Waals surface area contributed by atoms with E-state index < -0.39 is 23.3 Å². The molecule has 0 nitrogen and oxygen atoms in total. The average molecular weight is 561 g/mol. The van der Waals surface area contributed by atoms with Gasteiger partial charge in [0.25, 0.3) is 0 Å². The molecule has 0 spiro atoms. The molecule has 0 radical (unpaired) electrons. The predicted molar refractivity (Wildman–Crippen MR) is 161 cm³/mol. The maximum Gasteiger partial charge on any atom is 0.167 e. The van der Waals surface area contributed by atoms with Gasteiger partial charge in [-0.3, -0.25) is 0 Å². The predicted octanol–water partition coefficient (Wildman–Crippen LogP) is 11.5. The molecule has 5 rings (SSSR count). The van der Waals surface area contributed by atoms with Crippen LogP contribution in [0.5, 0.6) is 0 Å². The summed E-state index contributed by atoms with van der Waals surface area (Å²) in [6.07, 6.45) is 16.5. The Morgan fingerprint density at radius 3 is 1.85 bits per heavy atom. The minimum absolute atomic E-state index is 0.157. The lowest BCUT2D eigenvalue weighted by Crippen LogP contribution is -2.22. The number of unbranched alkanes of at least 4 members (excludes halogenated alkanes) is 1. The summed E-state index contributed by atoms with van der Waals surface area (Å²) in [6, 6.07) is 13.0. The summed E-state index contributed by atoms with van der Waals surface area (Å²) in [4.78, 5) is 0. The molecule has 3 aromatic carbocycles. The Kier molecular flexibility index (Phi) is 9.47. The number of rotatable bonds is 8. The van der Waals surface area contributed by atoms with Gasteiger partial charge in [-0.05, 0) is 105 Å². The average Bonchev–Trinajstić information content (AvgIpc) is 3.00. The van der Waals surface area contributed by atoms with Crippen molar-refractivity contribution in [1.29, 1.82) is 0 Å². The van der Waals surface area contributed by atoms with Crippen LogP contribution in [0, 0.1) is 41.0 Å². The Morgan fingerprint density at radius 2 is 1.27 bits per heavy atom. The van der Waals surface area contributed by atoms with Crippen LogP contribution in [0.2, 0.25) is 0 Å². The van der Waals surface area contributed by atoms with Crippen LogP contribution in [-0.2, 0) is 6.42 Å². The second-order valence-corrected chi connectivity index (χ2v) is 11.8. The topological polar surface area (TPSA) is 0 Å². The maximum absolute atomic E-state index is 15.4. The third-order valence-electron chi connectivity index (χ3n) is 9.30. The molecule has 1 unspecified atom stereocenters. The normalized spacial score (nSPS) is 21.3. The third kappa shape index (κ3) is 6.37. The molecule has 2 aliphatic carbocycles. The highest BCUT2D eigenvalue weighted by atomic mass is 19.2. The van der Waals surface area contributed by atoms with Gasteiger partial charge in [-0.15, -0.1) is 0 Å². The summed E-state index contributed by atoms with van der Waals surface area (Å²) in [6.45, 7) is 4.09. The highest BCUT2D eigenvalue weighted by Gasteiger charge is 2.29. The zero-order valence-corrected chi connectivity index (χ0v) is 24.2. The molecule has 0 saturated heterocycles. The minimum Gasteiger partial charge on any atom is -0.203 e. The molecule has 0 aliphatic heterocycles. The monoisotopic (exact) mass is 560 g/mol. The van der Waals surface area contributed by atoms with E-state index in [0.29, 0.717) is 40.5 Å². The largest absolute Gasteiger partial charge is 0.203 e. The molecule has 41 heavy (non-hydrogen) atoms. The van der Waals surface area contributed by atoms with Crippen molar-refractivity contribution in [2.45, 2.75) is 78.1 Å². The molecule has 0 amide bonds. The maximum atomic E-state index is 15.4. The van der Waals surface area contributed by atoms with Gasteiger partial charge in [0.05, 0.1) is 0 Å². The molecule has 4 heteroatoms. The van der Waals surface area contributed by atoms with Crippen LogP contribution in [0.3, 0.4) is 0 Å². The molecule has 3 aromatic rings. The van der Waals surface area contributed by atoms with Crippen LogP contribution in [0.15, 0.2) is 66.8 Å². The van der Waals surface area contributed by atoms with Crippen molar-refractivity contribution in [3.05, 3.63) is 101 Å². The second-order valence-electron chi connectivity index (χ2n) is 11.8. The molecule has 0 bridgehead atoms. The van der Waals surface area contributed by atoms with Crippen molar-refractivity contribution in [1.82, 2.24) is 0 Å². The molecular weight excluding hydrogens is 520 g/mol. The van der Waals surface area contributed by atoms with Crippen molar-refractivity contribution in [2.75, 3.05) is 0 Å². The van der Waals surface area contributed by atoms with Gasteiger partial charge in [0.2, 0.25) is 0 Å². The summed E-state index contributed by atoms with van der Waals surface area (Å²) < 4.78 is 60.1. The first-order valence-electron chi connectivity index (χ1n) is 15.3. The molecule has 1 atom stereocenters. The standard InChI is InChI=1S/C37H40F4/c1-3-5-7-30-20-21-31(35(39)34(30)38)28-16-18-29(19-17-28)33-23-22-32(36(40)37(33)41)27-14-12-26(13-15-27)25-10-8-24(6-4-2)9-11-25/h4,6,14,16-26H,3,5,7-13,15H2,1-2H3/b6-4+. The summed E-state index contributed by atoms with van der Waals surface area (Å²) in [5, 5.41) is 0. The Hall–Kier alpha value is -3.14. The molecule has 0 aromatic heterocycles. The first kappa shape index (κ1) is 29.4. The highest BCUT2D eigenvalue weighted by Crippen LogP contribution is 2.42. The lowest BCUT2D eigenvalue weighted by atomic mass is 9.71. The Balaban J connectivity index is 1.29. The zero-order chi connectivity index (χ0) is 28.9. The summed E-state index contributed by atoms with van der Waals surface area (Å²) >= 11 is 0. The van der Waals surface area contributed by atoms with Crippen molar-refractivity contribution in [2.24, 2.45) is 17.8 Å². The van der Waals surface area contributed by atoms with E-state index in [9.17, 15) is 8.78 Å². The van der Waals surface area contributed by atoms with E-state index in [4.69, 9.17) is 0 Å². The lowest BCUT2D eigenvalue weighted by molar-refractivity contribution is 0.212. The van der Waals surface area contributed by atoms with Crippen molar-refractivity contribution >= 4 is 5.57 Å². The van der Waals surface area contributed by atoms with Gasteiger partial charge in [-0.25, -0.2) is 17.6 Å². The van der Waals surface area contributed by atoms with E-state index in [0.717, 1.165) is 43.6 Å². The van der Waals surface area contributed by atoms with Crippen LogP contribution in [0.1, 0.15) is 82.8 Å². The molecular formula is C37H40F4. The van der Waals surface area contributed by atoms with Crippen LogP contribution < -0.4 is 0 Å². The van der Waals surface area contributed by atoms with E-state index in [1.54, 1.807) is 48.5 Å². The number of aryl methyl sites for hydroxylation is 1. The van der Waals surface area contributed by atoms with E-state index in [-0.39, 0.29) is 11.1 Å². The Morgan fingerprint density at radius 1 is 0.683 bits per heavy atom. The molecule has 0 heterocycles. The quantitative estimate of drug-likeness (QED) is 0.190. The van der Waals surface area contributed by atoms with Gasteiger partial charge >= 0.3 is 0 Å². The van der Waals surface area contributed by atoms with Crippen LogP contribution in [-0.4, -0.2) is 0 Å². The highest BCUT2D eigenvalue weighted by molar-refractivity contribution is 5.74. The molecule has 1 fully saturated rings. The summed E-state index contributed by atoms with van der Waals surface area (Å²) in [5.41, 5.74) is 2.90. The molecule has 1 saturated carbocycles. The number of halogens is 4. The van der Waals surface area contributed by atoms with Gasteiger partial charge in [-0.2, -0.15) is 0 Å². The van der Waals surface area contributed by atoms with E-state index in [2.05, 4.69) is 25.2 Å². The van der Waals surface area contributed by atoms with Gasteiger partial charge < -0.3 is 0 Å². The molecule has 0 N–H and O–H groups in total. The van der Waals surface area contributed by atoms with Gasteiger partial charge in [0, 0.05) is 16.7 Å². The molecule has 216 valence electrons. The number of hydrogen-bond acceptors (Lipinski definition) is 0. The number of benzene rings is 3. The SMILES string of the molecule is C/C=C/C1CCC(C2CC=C(c3ccc(-c4ccc(-c5ccc(CCCC)c(F)c5F)cc4)c(F)c3F)CC2)CC1. The van der Waals surface area contributed by atoms with Crippen LogP contribution in [0.25, 0.3) is 27.8 Å². The third-order valence-corrected chi connectivity index (χ3v) is 9.30. The Bertz CT molecular complexity index is 1410. The number of hydrogen-bond donors (Lipinski definition) is 0. The summed E-state index contributed by atoms with van der Waals surface area (Å²) in [5.74, 6) is -1.33. The fourth-order valence-corrected chi connectivity index (χ4v) is 6.83. The van der Waals surface area contributed by atoms with Crippen molar-refractivity contribution in [3.8, 4) is 22.3 Å². The smallest absolute Gasteiger partial charge is 0.167 e. The van der Waals surface area contributed by atoms with Crippen molar-refractivity contribution in [3.63, 3.8) is 0 Å². The fourth-order valence-electron chi connectivity index (χ4n) is 6.83. The van der Waals surface area contributed by atoms with Crippen LogP contribution >= 0.6 is 0 Å². The second kappa shape index (κ2) is 13.2. The lowest BCUT2D eigenvalue weighted by Gasteiger charge is -2.35. The fraction of sp³-hybridized carbons (Fsp3) is 0.405. The van der Waals surface area contributed by atoms with Crippen LogP contribution in [0.4, 0.5) is 17.6 Å². The van der Waals surface area contributed by atoms with E-state index in [1.807, 2.05) is 6.92 Å². The van der Waals surface area contributed by atoms with Gasteiger partial charge in [-0.1, -0.05) is 80.1 Å². The van der Waals surface area contributed by atoms with E-state index in [1.165, 1.54) is 25.7 Å². The minimum atomic E-state index is -0.878. The first-order chi connectivity index (χ1) is 19.9. The van der Waals surface area contributed by atoms with Gasteiger partial charge in [0.1, 0.15) is 0 Å². The Labute approximate surface area is 242 Å². The summed E-state index contributed by atoms with van der Waals surface area (Å²) in [7, 11) is 0. The molecule has 2 aliphatic rings.